The lowest BCUT2D eigenvalue weighted by Crippen LogP contribution is -2.61. The van der Waals surface area contributed by atoms with Crippen LogP contribution in [0.1, 0.15) is 56.6 Å². The van der Waals surface area contributed by atoms with Crippen molar-refractivity contribution in [1.29, 1.82) is 0 Å². The van der Waals surface area contributed by atoms with Crippen LogP contribution in [-0.2, 0) is 14.4 Å². The highest BCUT2D eigenvalue weighted by molar-refractivity contribution is 6.15. The van der Waals surface area contributed by atoms with Crippen molar-refractivity contribution in [3.8, 4) is 0 Å². The highest BCUT2D eigenvalue weighted by Gasteiger charge is 2.47. The monoisotopic (exact) mass is 445 g/mol. The quantitative estimate of drug-likeness (QED) is 0.676. The van der Waals surface area contributed by atoms with Crippen LogP contribution in [0, 0.1) is 6.92 Å². The predicted molar refractivity (Wildman–Crippen MR) is 131 cm³/mol. The topological polar surface area (TPSA) is 78.5 Å². The smallest absolute Gasteiger partial charge is 0.252 e. The number of hydrogen-bond acceptors (Lipinski definition) is 3. The molecule has 1 heterocycles. The van der Waals surface area contributed by atoms with Gasteiger partial charge in [0.05, 0.1) is 17.8 Å². The largest absolute Gasteiger partial charge is 0.351 e. The lowest BCUT2D eigenvalue weighted by atomic mass is 9.90. The molecule has 6 heteroatoms. The van der Waals surface area contributed by atoms with E-state index in [0.717, 1.165) is 36.8 Å². The molecule has 1 unspecified atom stereocenters. The number of aryl methyl sites for hydroxylation is 1. The van der Waals surface area contributed by atoms with Gasteiger partial charge in [0.25, 0.3) is 5.91 Å². The number of nitrogens with one attached hydrogen (secondary N) is 2. The third-order valence-electron chi connectivity index (χ3n) is 6.53. The lowest BCUT2D eigenvalue weighted by molar-refractivity contribution is -0.132. The number of carbonyl (C=O) groups excluding carboxylic acids is 3. The van der Waals surface area contributed by atoms with E-state index in [1.54, 1.807) is 19.1 Å². The number of fused-ring (bicyclic) bond motifs is 1. The van der Waals surface area contributed by atoms with E-state index >= 15 is 0 Å². The molecule has 33 heavy (non-hydrogen) atoms. The summed E-state index contributed by atoms with van der Waals surface area (Å²) in [7, 11) is 0. The first kappa shape index (κ1) is 22.8. The van der Waals surface area contributed by atoms with Crippen molar-refractivity contribution in [2.45, 2.75) is 64.0 Å². The maximum absolute atomic E-state index is 13.6. The molecule has 3 amide bonds. The average Bonchev–Trinajstić information content (AvgIpc) is 2.91. The first-order valence-corrected chi connectivity index (χ1v) is 11.7. The SMILES string of the molecule is Cc1ccc2c(c1)NC(=O)CC(C)(C(=O)NC1CCCCC1)N2C(=O)/C=C/c1ccccc1. The Morgan fingerprint density at radius 1 is 1.09 bits per heavy atom. The minimum absolute atomic E-state index is 0.0729. The van der Waals surface area contributed by atoms with E-state index in [1.807, 2.05) is 49.4 Å². The number of nitrogens with zero attached hydrogens (tertiary/aromatic N) is 1. The van der Waals surface area contributed by atoms with Gasteiger partial charge in [-0.3, -0.25) is 19.3 Å². The number of amides is 3. The minimum Gasteiger partial charge on any atom is -0.351 e. The number of benzene rings is 2. The standard InChI is InChI=1S/C27H31N3O3/c1-19-13-15-23-22(17-19)29-24(31)18-27(2,26(33)28-21-11-7-4-8-12-21)30(23)25(32)16-14-20-9-5-3-6-10-20/h3,5-6,9-10,13-17,21H,4,7-8,11-12,18H2,1-2H3,(H,28,33)(H,29,31)/b16-14+. The third-order valence-corrected chi connectivity index (χ3v) is 6.53. The molecule has 1 saturated carbocycles. The van der Waals surface area contributed by atoms with Gasteiger partial charge in [0.15, 0.2) is 0 Å². The van der Waals surface area contributed by atoms with Crippen LogP contribution in [-0.4, -0.2) is 29.3 Å². The van der Waals surface area contributed by atoms with Crippen LogP contribution < -0.4 is 15.5 Å². The molecule has 0 aromatic heterocycles. The fourth-order valence-electron chi connectivity index (χ4n) is 4.73. The second kappa shape index (κ2) is 9.61. The van der Waals surface area contributed by atoms with Crippen LogP contribution >= 0.6 is 0 Å². The summed E-state index contributed by atoms with van der Waals surface area (Å²) in [6.45, 7) is 3.61. The molecule has 1 atom stereocenters. The summed E-state index contributed by atoms with van der Waals surface area (Å²) >= 11 is 0. The van der Waals surface area contributed by atoms with Gasteiger partial charge in [-0.05, 0) is 56.0 Å². The Morgan fingerprint density at radius 2 is 1.82 bits per heavy atom. The molecule has 1 aliphatic carbocycles. The zero-order chi connectivity index (χ0) is 23.4. The van der Waals surface area contributed by atoms with Crippen molar-refractivity contribution in [3.63, 3.8) is 0 Å². The fraction of sp³-hybridized carbons (Fsp3) is 0.370. The first-order valence-electron chi connectivity index (χ1n) is 11.7. The van der Waals surface area contributed by atoms with E-state index in [9.17, 15) is 14.4 Å². The van der Waals surface area contributed by atoms with Crippen LogP contribution in [0.5, 0.6) is 0 Å². The van der Waals surface area contributed by atoms with Crippen molar-refractivity contribution in [1.82, 2.24) is 5.32 Å². The van der Waals surface area contributed by atoms with Crippen molar-refractivity contribution in [2.75, 3.05) is 10.2 Å². The molecule has 0 bridgehead atoms. The summed E-state index contributed by atoms with van der Waals surface area (Å²) < 4.78 is 0. The van der Waals surface area contributed by atoms with Gasteiger partial charge in [-0.25, -0.2) is 0 Å². The van der Waals surface area contributed by atoms with Gasteiger partial charge in [-0.2, -0.15) is 0 Å². The zero-order valence-corrected chi connectivity index (χ0v) is 19.3. The van der Waals surface area contributed by atoms with Gasteiger partial charge in [0.1, 0.15) is 5.54 Å². The van der Waals surface area contributed by atoms with Crippen molar-refractivity contribution in [3.05, 3.63) is 65.7 Å². The van der Waals surface area contributed by atoms with Crippen molar-refractivity contribution >= 4 is 35.2 Å². The van der Waals surface area contributed by atoms with E-state index in [4.69, 9.17) is 0 Å². The maximum atomic E-state index is 13.6. The first-order chi connectivity index (χ1) is 15.9. The molecule has 2 aromatic rings. The molecule has 2 N–H and O–H groups in total. The average molecular weight is 446 g/mol. The molecular weight excluding hydrogens is 414 g/mol. The Hall–Kier alpha value is -3.41. The molecule has 0 spiro atoms. The minimum atomic E-state index is -1.36. The summed E-state index contributed by atoms with van der Waals surface area (Å²) in [5.74, 6) is -0.924. The van der Waals surface area contributed by atoms with Crippen molar-refractivity contribution < 1.29 is 14.4 Å². The number of hydrogen-bond donors (Lipinski definition) is 2. The summed E-state index contributed by atoms with van der Waals surface area (Å²) in [6, 6.07) is 15.1. The molecule has 172 valence electrons. The van der Waals surface area contributed by atoms with Crippen LogP contribution in [0.4, 0.5) is 11.4 Å². The molecular formula is C27H31N3O3. The van der Waals surface area contributed by atoms with Crippen molar-refractivity contribution in [2.24, 2.45) is 0 Å². The van der Waals surface area contributed by atoms with E-state index in [0.29, 0.717) is 11.4 Å². The van der Waals surface area contributed by atoms with Gasteiger partial charge in [0, 0.05) is 12.1 Å². The molecule has 0 radical (unpaired) electrons. The molecule has 4 rings (SSSR count). The summed E-state index contributed by atoms with van der Waals surface area (Å²) in [6.07, 6.45) is 8.26. The Bertz CT molecular complexity index is 1070. The highest BCUT2D eigenvalue weighted by atomic mass is 16.2. The zero-order valence-electron chi connectivity index (χ0n) is 19.3. The molecule has 2 aliphatic rings. The predicted octanol–water partition coefficient (Wildman–Crippen LogP) is 4.59. The maximum Gasteiger partial charge on any atom is 0.252 e. The third kappa shape index (κ3) is 5.00. The Kier molecular flexibility index (Phi) is 6.63. The van der Waals surface area contributed by atoms with Gasteiger partial charge in [0.2, 0.25) is 11.8 Å². The van der Waals surface area contributed by atoms with E-state index in [-0.39, 0.29) is 30.2 Å². The number of carbonyl (C=O) groups is 3. The second-order valence-corrected chi connectivity index (χ2v) is 9.25. The Morgan fingerprint density at radius 3 is 2.55 bits per heavy atom. The lowest BCUT2D eigenvalue weighted by Gasteiger charge is -2.39. The molecule has 1 aliphatic heterocycles. The van der Waals surface area contributed by atoms with E-state index < -0.39 is 5.54 Å². The number of rotatable bonds is 4. The van der Waals surface area contributed by atoms with Gasteiger partial charge >= 0.3 is 0 Å². The molecule has 6 nitrogen and oxygen atoms in total. The fourth-order valence-corrected chi connectivity index (χ4v) is 4.73. The molecule has 0 saturated heterocycles. The van der Waals surface area contributed by atoms with Gasteiger partial charge < -0.3 is 10.6 Å². The number of anilines is 2. The van der Waals surface area contributed by atoms with Crippen LogP contribution in [0.25, 0.3) is 6.08 Å². The van der Waals surface area contributed by atoms with Crippen LogP contribution in [0.15, 0.2) is 54.6 Å². The molecule has 2 aromatic carbocycles. The van der Waals surface area contributed by atoms with Gasteiger partial charge in [-0.15, -0.1) is 0 Å². The summed E-state index contributed by atoms with van der Waals surface area (Å²) in [5.41, 5.74) is 1.54. The molecule has 1 fully saturated rings. The summed E-state index contributed by atoms with van der Waals surface area (Å²) in [5, 5.41) is 6.04. The highest BCUT2D eigenvalue weighted by Crippen LogP contribution is 2.38. The van der Waals surface area contributed by atoms with E-state index in [1.165, 1.54) is 17.4 Å². The Labute approximate surface area is 195 Å². The second-order valence-electron chi connectivity index (χ2n) is 9.25. The van der Waals surface area contributed by atoms with E-state index in [2.05, 4.69) is 10.6 Å². The van der Waals surface area contributed by atoms with Crippen LogP contribution in [0.2, 0.25) is 0 Å². The summed E-state index contributed by atoms with van der Waals surface area (Å²) in [4.78, 5) is 41.6. The van der Waals surface area contributed by atoms with Crippen LogP contribution in [0.3, 0.4) is 0 Å². The van der Waals surface area contributed by atoms with Gasteiger partial charge in [-0.1, -0.05) is 55.7 Å². The Balaban J connectivity index is 1.73. The normalized spacial score (nSPS) is 21.3.